The van der Waals surface area contributed by atoms with Crippen LogP contribution in [0.1, 0.15) is 0 Å². The lowest BCUT2D eigenvalue weighted by Gasteiger charge is -2.23. The van der Waals surface area contributed by atoms with Crippen LogP contribution in [-0.4, -0.2) is 0 Å². The van der Waals surface area contributed by atoms with Crippen molar-refractivity contribution < 1.29 is 9.47 Å². The van der Waals surface area contributed by atoms with E-state index in [1.807, 2.05) is 0 Å². The second kappa shape index (κ2) is 4.53. The molecular weight excluding hydrogens is 332 g/mol. The van der Waals surface area contributed by atoms with Crippen LogP contribution in [0.15, 0.2) is 18.2 Å². The summed E-state index contributed by atoms with van der Waals surface area (Å²) in [6, 6.07) is 4.63. The lowest BCUT2D eigenvalue weighted by Crippen LogP contribution is -2.03. The molecule has 0 spiro atoms. The van der Waals surface area contributed by atoms with Gasteiger partial charge in [-0.1, -0.05) is 46.4 Å². The van der Waals surface area contributed by atoms with Crippen molar-refractivity contribution in [3.63, 3.8) is 0 Å². The van der Waals surface area contributed by atoms with Gasteiger partial charge in [0.05, 0.1) is 25.8 Å². The molecule has 0 amide bonds. The van der Waals surface area contributed by atoms with Crippen LogP contribution in [0.2, 0.25) is 20.1 Å². The number of anilines is 1. The summed E-state index contributed by atoms with van der Waals surface area (Å²) in [5, 5.41) is 1.21. The van der Waals surface area contributed by atoms with Crippen LogP contribution in [0.25, 0.3) is 0 Å². The fourth-order valence-electron chi connectivity index (χ4n) is 1.68. The number of hydrogen-bond acceptors (Lipinski definition) is 3. The molecule has 0 fully saturated rings. The van der Waals surface area contributed by atoms with Gasteiger partial charge in [-0.25, -0.2) is 0 Å². The van der Waals surface area contributed by atoms with Gasteiger partial charge >= 0.3 is 0 Å². The highest BCUT2D eigenvalue weighted by atomic mass is 35.5. The third kappa shape index (κ3) is 2.07. The zero-order valence-electron chi connectivity index (χ0n) is 9.14. The summed E-state index contributed by atoms with van der Waals surface area (Å²) < 4.78 is 11.3. The van der Waals surface area contributed by atoms with E-state index in [2.05, 4.69) is 0 Å². The second-order valence-electron chi connectivity index (χ2n) is 3.83. The van der Waals surface area contributed by atoms with E-state index in [9.17, 15) is 0 Å². The number of nitrogens with two attached hydrogens (primary N) is 1. The van der Waals surface area contributed by atoms with Gasteiger partial charge in [0.2, 0.25) is 0 Å². The molecule has 7 heteroatoms. The SMILES string of the molecule is Nc1c(Cl)c(Cl)cc2c1Oc1cc(Cl)c(Cl)cc1O2. The molecule has 0 bridgehead atoms. The Morgan fingerprint density at radius 2 is 1.26 bits per heavy atom. The topological polar surface area (TPSA) is 44.5 Å². The van der Waals surface area contributed by atoms with Crippen LogP contribution in [0.4, 0.5) is 5.69 Å². The maximum Gasteiger partial charge on any atom is 0.194 e. The van der Waals surface area contributed by atoms with E-state index < -0.39 is 0 Å². The van der Waals surface area contributed by atoms with Crippen molar-refractivity contribution in [2.24, 2.45) is 0 Å². The Balaban J connectivity index is 2.17. The minimum atomic E-state index is 0.209. The third-order valence-electron chi connectivity index (χ3n) is 2.59. The van der Waals surface area contributed by atoms with Gasteiger partial charge in [0.25, 0.3) is 0 Å². The molecular formula is C12H5Cl4NO2. The molecule has 1 aliphatic rings. The average Bonchev–Trinajstić information content (AvgIpc) is 2.37. The van der Waals surface area contributed by atoms with Gasteiger partial charge in [-0.3, -0.25) is 0 Å². The molecule has 98 valence electrons. The number of fused-ring (bicyclic) bond motifs is 2. The van der Waals surface area contributed by atoms with Crippen LogP contribution >= 0.6 is 46.4 Å². The van der Waals surface area contributed by atoms with Crippen molar-refractivity contribution in [1.82, 2.24) is 0 Å². The molecule has 3 rings (SSSR count). The van der Waals surface area contributed by atoms with Crippen molar-refractivity contribution in [2.45, 2.75) is 0 Å². The van der Waals surface area contributed by atoms with Crippen molar-refractivity contribution in [2.75, 3.05) is 5.73 Å². The molecule has 0 atom stereocenters. The molecule has 19 heavy (non-hydrogen) atoms. The molecule has 0 aromatic heterocycles. The Morgan fingerprint density at radius 1 is 0.737 bits per heavy atom. The molecule has 0 radical (unpaired) electrons. The number of rotatable bonds is 0. The largest absolute Gasteiger partial charge is 0.449 e. The Bertz CT molecular complexity index is 703. The fourth-order valence-corrected chi connectivity index (χ4v) is 2.33. The van der Waals surface area contributed by atoms with Gasteiger partial charge in [-0.05, 0) is 0 Å². The summed E-state index contributed by atoms with van der Waals surface area (Å²) in [5.74, 6) is 1.52. The van der Waals surface area contributed by atoms with E-state index in [0.29, 0.717) is 33.0 Å². The van der Waals surface area contributed by atoms with Gasteiger partial charge in [0.1, 0.15) is 0 Å². The van der Waals surface area contributed by atoms with Gasteiger partial charge < -0.3 is 15.2 Å². The molecule has 2 N–H and O–H groups in total. The van der Waals surface area contributed by atoms with E-state index in [-0.39, 0.29) is 15.7 Å². The standard InChI is InChI=1S/C12H5Cl4NO2/c13-4-1-7-8(2-5(4)14)19-12-9(18-7)3-6(15)10(16)11(12)17/h1-3H,17H2. The summed E-state index contributed by atoms with van der Waals surface area (Å²) in [4.78, 5) is 0. The molecule has 1 aliphatic heterocycles. The zero-order chi connectivity index (χ0) is 13.7. The predicted octanol–water partition coefficient (Wildman–Crippen LogP) is 5.78. The Labute approximate surface area is 128 Å². The van der Waals surface area contributed by atoms with E-state index in [1.54, 1.807) is 12.1 Å². The number of nitrogen functional groups attached to an aromatic ring is 1. The predicted molar refractivity (Wildman–Crippen MR) is 77.5 cm³/mol. The molecule has 3 nitrogen and oxygen atoms in total. The summed E-state index contributed by atoms with van der Waals surface area (Å²) >= 11 is 23.7. The van der Waals surface area contributed by atoms with Crippen LogP contribution in [0.5, 0.6) is 23.0 Å². The monoisotopic (exact) mass is 335 g/mol. The normalized spacial score (nSPS) is 12.2. The van der Waals surface area contributed by atoms with E-state index >= 15 is 0 Å². The first-order valence-corrected chi connectivity index (χ1v) is 6.61. The Morgan fingerprint density at radius 3 is 1.89 bits per heavy atom. The molecule has 0 saturated carbocycles. The molecule has 2 aromatic rings. The molecule has 0 unspecified atom stereocenters. The summed E-state index contributed by atoms with van der Waals surface area (Å²) in [6.45, 7) is 0. The highest BCUT2D eigenvalue weighted by Gasteiger charge is 2.25. The first-order valence-electron chi connectivity index (χ1n) is 5.09. The first kappa shape index (κ1) is 13.0. The minimum absolute atomic E-state index is 0.209. The summed E-state index contributed by atoms with van der Waals surface area (Å²) in [7, 11) is 0. The van der Waals surface area contributed by atoms with Gasteiger partial charge in [0.15, 0.2) is 23.0 Å². The number of benzene rings is 2. The third-order valence-corrected chi connectivity index (χ3v) is 4.12. The van der Waals surface area contributed by atoms with Gasteiger partial charge in [0, 0.05) is 18.2 Å². The van der Waals surface area contributed by atoms with Crippen molar-refractivity contribution in [3.05, 3.63) is 38.3 Å². The first-order chi connectivity index (χ1) is 8.97. The molecule has 0 aliphatic carbocycles. The minimum Gasteiger partial charge on any atom is -0.449 e. The van der Waals surface area contributed by atoms with Crippen LogP contribution in [-0.2, 0) is 0 Å². The number of ether oxygens (including phenoxy) is 2. The van der Waals surface area contributed by atoms with Crippen LogP contribution in [0.3, 0.4) is 0 Å². The van der Waals surface area contributed by atoms with Crippen molar-refractivity contribution >= 4 is 52.1 Å². The van der Waals surface area contributed by atoms with Gasteiger partial charge in [-0.2, -0.15) is 0 Å². The summed E-state index contributed by atoms with van der Waals surface area (Å²) in [5.41, 5.74) is 6.06. The fraction of sp³-hybridized carbons (Fsp3) is 0. The maximum atomic E-state index is 5.96. The Hall–Kier alpha value is -1.00. The zero-order valence-corrected chi connectivity index (χ0v) is 12.2. The molecule has 1 heterocycles. The highest BCUT2D eigenvalue weighted by Crippen LogP contribution is 2.53. The van der Waals surface area contributed by atoms with E-state index in [4.69, 9.17) is 61.6 Å². The van der Waals surface area contributed by atoms with E-state index in [0.717, 1.165) is 0 Å². The lowest BCUT2D eigenvalue weighted by atomic mass is 10.2. The van der Waals surface area contributed by atoms with Gasteiger partial charge in [-0.15, -0.1) is 0 Å². The van der Waals surface area contributed by atoms with Crippen LogP contribution in [0, 0.1) is 0 Å². The van der Waals surface area contributed by atoms with Crippen molar-refractivity contribution in [1.29, 1.82) is 0 Å². The second-order valence-corrected chi connectivity index (χ2v) is 5.43. The average molecular weight is 337 g/mol. The molecule has 2 aromatic carbocycles. The maximum absolute atomic E-state index is 5.96. The summed E-state index contributed by atoms with van der Waals surface area (Å²) in [6.07, 6.45) is 0. The quantitative estimate of drug-likeness (QED) is 0.529. The lowest BCUT2D eigenvalue weighted by molar-refractivity contribution is 0.361. The van der Waals surface area contributed by atoms with Crippen molar-refractivity contribution in [3.8, 4) is 23.0 Å². The highest BCUT2D eigenvalue weighted by molar-refractivity contribution is 6.44. The van der Waals surface area contributed by atoms with E-state index in [1.165, 1.54) is 6.07 Å². The smallest absolute Gasteiger partial charge is 0.194 e. The number of halogens is 4. The number of hydrogen-bond donors (Lipinski definition) is 1. The Kier molecular flexibility index (Phi) is 3.10. The molecule has 0 saturated heterocycles. The van der Waals surface area contributed by atoms with Crippen LogP contribution < -0.4 is 15.2 Å².